The highest BCUT2D eigenvalue weighted by Gasteiger charge is 2.13. The minimum absolute atomic E-state index is 0.622. The largest absolute Gasteiger partial charge is 0.400 e. The molecule has 1 aromatic carbocycles. The topological polar surface area (TPSA) is 26.3 Å². The second kappa shape index (κ2) is 2.66. The van der Waals surface area contributed by atoms with E-state index >= 15 is 0 Å². The van der Waals surface area contributed by atoms with E-state index in [1.165, 1.54) is 0 Å². The first kappa shape index (κ1) is 6.85. The van der Waals surface area contributed by atoms with Gasteiger partial charge >= 0.3 is 0 Å². The fourth-order valence-electron chi connectivity index (χ4n) is 1.13. The summed E-state index contributed by atoms with van der Waals surface area (Å²) in [5, 5.41) is 0. The van der Waals surface area contributed by atoms with Crippen LogP contribution in [0.4, 0.5) is 0 Å². The Morgan fingerprint density at radius 2 is 2.18 bits per heavy atom. The van der Waals surface area contributed by atoms with Crippen LogP contribution >= 0.6 is 0 Å². The van der Waals surface area contributed by atoms with E-state index < -0.39 is 11.1 Å². The van der Waals surface area contributed by atoms with Crippen molar-refractivity contribution in [3.8, 4) is 5.75 Å². The number of benzene rings is 1. The van der Waals surface area contributed by atoms with Crippen LogP contribution in [0.5, 0.6) is 5.75 Å². The molecule has 1 aromatic rings. The summed E-state index contributed by atoms with van der Waals surface area (Å²) in [6, 6.07) is 7.72. The molecule has 0 radical (unpaired) electrons. The smallest absolute Gasteiger partial charge is 0.206 e. The molecule has 1 aliphatic rings. The minimum Gasteiger partial charge on any atom is -0.400 e. The molecule has 0 aromatic heterocycles. The zero-order valence-electron chi connectivity index (χ0n) is 5.95. The van der Waals surface area contributed by atoms with E-state index in [9.17, 15) is 4.21 Å². The highest BCUT2D eigenvalue weighted by molar-refractivity contribution is 7.80. The third-order valence-corrected chi connectivity index (χ3v) is 2.60. The summed E-state index contributed by atoms with van der Waals surface area (Å²) in [4.78, 5) is 0. The lowest BCUT2D eigenvalue weighted by Gasteiger charge is -2.14. The van der Waals surface area contributed by atoms with Gasteiger partial charge in [-0.25, -0.2) is 4.21 Å². The number of aryl methyl sites for hydroxylation is 1. The molecule has 0 fully saturated rings. The van der Waals surface area contributed by atoms with Crippen molar-refractivity contribution >= 4 is 11.1 Å². The zero-order chi connectivity index (χ0) is 7.68. The lowest BCUT2D eigenvalue weighted by atomic mass is 10.1. The molecule has 0 aliphatic carbocycles. The predicted molar refractivity (Wildman–Crippen MR) is 43.8 cm³/mol. The summed E-state index contributed by atoms with van der Waals surface area (Å²) in [5.41, 5.74) is 1.16. The lowest BCUT2D eigenvalue weighted by Crippen LogP contribution is -2.14. The third-order valence-electron chi connectivity index (χ3n) is 1.69. The van der Waals surface area contributed by atoms with Crippen molar-refractivity contribution < 1.29 is 8.39 Å². The first-order chi connectivity index (χ1) is 5.36. The van der Waals surface area contributed by atoms with E-state index in [1.54, 1.807) is 0 Å². The Balaban J connectivity index is 2.41. The molecular formula is C8H8O2S. The fraction of sp³-hybridized carbons (Fsp3) is 0.250. The van der Waals surface area contributed by atoms with Gasteiger partial charge in [0.1, 0.15) is 5.75 Å². The molecule has 0 amide bonds. The molecule has 11 heavy (non-hydrogen) atoms. The van der Waals surface area contributed by atoms with Gasteiger partial charge in [-0.15, -0.1) is 0 Å². The average molecular weight is 168 g/mol. The van der Waals surface area contributed by atoms with Crippen molar-refractivity contribution in [3.63, 3.8) is 0 Å². The molecule has 0 bridgehead atoms. The summed E-state index contributed by atoms with van der Waals surface area (Å²) in [6.45, 7) is 0. The van der Waals surface area contributed by atoms with Gasteiger partial charge in [0.05, 0.1) is 5.75 Å². The van der Waals surface area contributed by atoms with Crippen LogP contribution in [-0.4, -0.2) is 9.96 Å². The Kier molecular flexibility index (Phi) is 1.66. The standard InChI is InChI=1S/C8H8O2S/c9-11-6-5-7-3-1-2-4-8(7)10-11/h1-4H,5-6H2. The number of rotatable bonds is 0. The average Bonchev–Trinajstić information content (AvgIpc) is 2.04. The molecule has 0 saturated carbocycles. The maximum absolute atomic E-state index is 10.9. The highest BCUT2D eigenvalue weighted by Crippen LogP contribution is 2.23. The lowest BCUT2D eigenvalue weighted by molar-refractivity contribution is 0.544. The summed E-state index contributed by atoms with van der Waals surface area (Å²) in [7, 11) is 0. The third kappa shape index (κ3) is 1.28. The molecular weight excluding hydrogens is 160 g/mol. The maximum atomic E-state index is 10.9. The second-order valence-electron chi connectivity index (χ2n) is 2.45. The van der Waals surface area contributed by atoms with Gasteiger partial charge in [-0.05, 0) is 18.1 Å². The molecule has 2 rings (SSSR count). The van der Waals surface area contributed by atoms with Gasteiger partial charge in [0.15, 0.2) is 0 Å². The van der Waals surface area contributed by atoms with Crippen molar-refractivity contribution in [2.45, 2.75) is 6.42 Å². The Morgan fingerprint density at radius 1 is 1.36 bits per heavy atom. The van der Waals surface area contributed by atoms with Gasteiger partial charge in [-0.3, -0.25) is 0 Å². The summed E-state index contributed by atoms with van der Waals surface area (Å²) in [6.07, 6.45) is 0.864. The van der Waals surface area contributed by atoms with Gasteiger partial charge in [-0.1, -0.05) is 18.2 Å². The Labute approximate surface area is 67.9 Å². The van der Waals surface area contributed by atoms with Crippen molar-refractivity contribution in [2.24, 2.45) is 0 Å². The van der Waals surface area contributed by atoms with Gasteiger partial charge in [0.25, 0.3) is 0 Å². The van der Waals surface area contributed by atoms with Crippen molar-refractivity contribution in [1.29, 1.82) is 0 Å². The van der Waals surface area contributed by atoms with Crippen molar-refractivity contribution in [2.75, 3.05) is 5.75 Å². The predicted octanol–water partition coefficient (Wildman–Crippen LogP) is 1.29. The van der Waals surface area contributed by atoms with Crippen molar-refractivity contribution in [3.05, 3.63) is 29.8 Å². The van der Waals surface area contributed by atoms with E-state index in [-0.39, 0.29) is 0 Å². The van der Waals surface area contributed by atoms with Crippen LogP contribution in [0, 0.1) is 0 Å². The SMILES string of the molecule is O=S1CCc2ccccc2O1. The van der Waals surface area contributed by atoms with E-state index in [1.807, 2.05) is 24.3 Å². The normalized spacial score (nSPS) is 22.0. The molecule has 0 N–H and O–H groups in total. The first-order valence-corrected chi connectivity index (χ1v) is 4.75. The number of fused-ring (bicyclic) bond motifs is 1. The summed E-state index contributed by atoms with van der Waals surface area (Å²) in [5.74, 6) is 1.40. The van der Waals surface area contributed by atoms with Crippen LogP contribution in [0.25, 0.3) is 0 Å². The van der Waals surface area contributed by atoms with Crippen LogP contribution in [0.1, 0.15) is 5.56 Å². The number of hydrogen-bond acceptors (Lipinski definition) is 2. The summed E-state index contributed by atoms with van der Waals surface area (Å²) < 4.78 is 16.0. The maximum Gasteiger partial charge on any atom is 0.206 e. The molecule has 0 saturated heterocycles. The van der Waals surface area contributed by atoms with Gasteiger partial charge in [0.2, 0.25) is 11.1 Å². The molecule has 1 aliphatic heterocycles. The minimum atomic E-state index is -1.10. The van der Waals surface area contributed by atoms with Crippen LogP contribution in [0.15, 0.2) is 24.3 Å². The molecule has 2 nitrogen and oxygen atoms in total. The molecule has 3 heteroatoms. The van der Waals surface area contributed by atoms with E-state index in [0.717, 1.165) is 17.7 Å². The molecule has 0 spiro atoms. The quantitative estimate of drug-likeness (QED) is 0.583. The van der Waals surface area contributed by atoms with Crippen molar-refractivity contribution in [1.82, 2.24) is 0 Å². The molecule has 1 unspecified atom stereocenters. The number of hydrogen-bond donors (Lipinski definition) is 0. The van der Waals surface area contributed by atoms with Gasteiger partial charge < -0.3 is 4.18 Å². The number of para-hydroxylation sites is 1. The van der Waals surface area contributed by atoms with Gasteiger partial charge in [-0.2, -0.15) is 0 Å². The van der Waals surface area contributed by atoms with Crippen LogP contribution in [0.2, 0.25) is 0 Å². The molecule has 1 heterocycles. The van der Waals surface area contributed by atoms with E-state index in [2.05, 4.69) is 0 Å². The summed E-state index contributed by atoms with van der Waals surface area (Å²) >= 11 is -1.10. The van der Waals surface area contributed by atoms with Gasteiger partial charge in [0, 0.05) is 0 Å². The Morgan fingerprint density at radius 3 is 3.09 bits per heavy atom. The van der Waals surface area contributed by atoms with E-state index in [0.29, 0.717) is 5.75 Å². The molecule has 1 atom stereocenters. The van der Waals surface area contributed by atoms with Crippen LogP contribution in [0.3, 0.4) is 0 Å². The second-order valence-corrected chi connectivity index (χ2v) is 3.63. The monoisotopic (exact) mass is 168 g/mol. The Hall–Kier alpha value is -0.830. The van der Waals surface area contributed by atoms with Crippen LogP contribution < -0.4 is 4.18 Å². The fourth-order valence-corrected chi connectivity index (χ4v) is 1.96. The van der Waals surface area contributed by atoms with Crippen LogP contribution in [-0.2, 0) is 17.5 Å². The molecule has 58 valence electrons. The zero-order valence-corrected chi connectivity index (χ0v) is 6.76. The first-order valence-electron chi connectivity index (χ1n) is 3.51. The highest BCUT2D eigenvalue weighted by atomic mass is 32.2. The van der Waals surface area contributed by atoms with E-state index in [4.69, 9.17) is 4.18 Å². The Bertz CT molecular complexity index is 296.